The van der Waals surface area contributed by atoms with E-state index >= 15 is 0 Å². The summed E-state index contributed by atoms with van der Waals surface area (Å²) in [5.74, 6) is 0.681. The molecule has 0 fully saturated rings. The SMILES string of the molecule is COc1ccc(CCN[C@H](C)c2ccc(F)cc2)cc1. The first-order valence-electron chi connectivity index (χ1n) is 6.81. The molecule has 20 heavy (non-hydrogen) atoms. The molecular weight excluding hydrogens is 253 g/mol. The number of hydrogen-bond donors (Lipinski definition) is 1. The van der Waals surface area contributed by atoms with Crippen LogP contribution < -0.4 is 10.1 Å². The normalized spacial score (nSPS) is 12.2. The van der Waals surface area contributed by atoms with E-state index in [9.17, 15) is 4.39 Å². The van der Waals surface area contributed by atoms with Crippen molar-refractivity contribution < 1.29 is 9.13 Å². The van der Waals surface area contributed by atoms with Crippen molar-refractivity contribution >= 4 is 0 Å². The third kappa shape index (κ3) is 4.07. The zero-order chi connectivity index (χ0) is 14.4. The van der Waals surface area contributed by atoms with Gasteiger partial charge < -0.3 is 10.1 Å². The van der Waals surface area contributed by atoms with Crippen molar-refractivity contribution in [2.45, 2.75) is 19.4 Å². The summed E-state index contributed by atoms with van der Waals surface area (Å²) in [6.07, 6.45) is 0.954. The van der Waals surface area contributed by atoms with E-state index in [1.165, 1.54) is 17.7 Å². The lowest BCUT2D eigenvalue weighted by atomic mass is 10.1. The Balaban J connectivity index is 1.81. The van der Waals surface area contributed by atoms with Crippen molar-refractivity contribution in [2.24, 2.45) is 0 Å². The van der Waals surface area contributed by atoms with Crippen LogP contribution >= 0.6 is 0 Å². The molecule has 0 radical (unpaired) electrons. The second-order valence-electron chi connectivity index (χ2n) is 4.83. The molecular formula is C17H20FNO. The van der Waals surface area contributed by atoms with Crippen LogP contribution in [0.1, 0.15) is 24.1 Å². The number of rotatable bonds is 6. The number of ether oxygens (including phenoxy) is 1. The van der Waals surface area contributed by atoms with Crippen LogP contribution in [0.15, 0.2) is 48.5 Å². The molecule has 2 rings (SSSR count). The molecule has 1 atom stereocenters. The fourth-order valence-electron chi connectivity index (χ4n) is 2.09. The van der Waals surface area contributed by atoms with Crippen molar-refractivity contribution in [3.05, 3.63) is 65.5 Å². The Hall–Kier alpha value is -1.87. The van der Waals surface area contributed by atoms with Crippen LogP contribution in [0, 0.1) is 5.82 Å². The molecule has 0 saturated heterocycles. The second kappa shape index (κ2) is 7.06. The molecule has 0 bridgehead atoms. The summed E-state index contributed by atoms with van der Waals surface area (Å²) in [5, 5.41) is 3.44. The minimum atomic E-state index is -0.195. The minimum absolute atomic E-state index is 0.195. The molecule has 3 heteroatoms. The van der Waals surface area contributed by atoms with Gasteiger partial charge in [-0.1, -0.05) is 24.3 Å². The molecule has 0 aromatic heterocycles. The van der Waals surface area contributed by atoms with Crippen molar-refractivity contribution in [1.82, 2.24) is 5.32 Å². The summed E-state index contributed by atoms with van der Waals surface area (Å²) < 4.78 is 18.0. The van der Waals surface area contributed by atoms with Gasteiger partial charge in [0, 0.05) is 6.04 Å². The van der Waals surface area contributed by atoms with Crippen molar-refractivity contribution in [1.29, 1.82) is 0 Å². The van der Waals surface area contributed by atoms with Crippen LogP contribution in [-0.2, 0) is 6.42 Å². The number of benzene rings is 2. The Kier molecular flexibility index (Phi) is 5.13. The van der Waals surface area contributed by atoms with Gasteiger partial charge in [0.15, 0.2) is 0 Å². The van der Waals surface area contributed by atoms with Crippen molar-refractivity contribution in [2.75, 3.05) is 13.7 Å². The summed E-state index contributed by atoms with van der Waals surface area (Å²) >= 11 is 0. The zero-order valence-electron chi connectivity index (χ0n) is 11.9. The van der Waals surface area contributed by atoms with E-state index in [1.54, 1.807) is 7.11 Å². The maximum atomic E-state index is 12.9. The summed E-state index contributed by atoms with van der Waals surface area (Å²) in [6, 6.07) is 14.9. The number of halogens is 1. The third-order valence-corrected chi connectivity index (χ3v) is 3.39. The third-order valence-electron chi connectivity index (χ3n) is 3.39. The van der Waals surface area contributed by atoms with Gasteiger partial charge in [-0.2, -0.15) is 0 Å². The van der Waals surface area contributed by atoms with Crippen LogP contribution in [0.3, 0.4) is 0 Å². The van der Waals surface area contributed by atoms with E-state index < -0.39 is 0 Å². The highest BCUT2D eigenvalue weighted by molar-refractivity contribution is 5.27. The van der Waals surface area contributed by atoms with Crippen LogP contribution in [0.25, 0.3) is 0 Å². The molecule has 0 amide bonds. The monoisotopic (exact) mass is 273 g/mol. The van der Waals surface area contributed by atoms with Crippen LogP contribution in [-0.4, -0.2) is 13.7 Å². The molecule has 0 aliphatic heterocycles. The molecule has 0 unspecified atom stereocenters. The molecule has 0 heterocycles. The van der Waals surface area contributed by atoms with Crippen LogP contribution in [0.4, 0.5) is 4.39 Å². The predicted molar refractivity (Wildman–Crippen MR) is 79.5 cm³/mol. The number of methoxy groups -OCH3 is 1. The molecule has 2 aromatic rings. The number of hydrogen-bond acceptors (Lipinski definition) is 2. The van der Waals surface area contributed by atoms with Crippen LogP contribution in [0.5, 0.6) is 5.75 Å². The molecule has 106 valence electrons. The van der Waals surface area contributed by atoms with E-state index in [0.29, 0.717) is 0 Å². The molecule has 0 aliphatic carbocycles. The highest BCUT2D eigenvalue weighted by atomic mass is 19.1. The minimum Gasteiger partial charge on any atom is -0.497 e. The first-order chi connectivity index (χ1) is 9.69. The highest BCUT2D eigenvalue weighted by Crippen LogP contribution is 2.14. The lowest BCUT2D eigenvalue weighted by Gasteiger charge is -2.14. The average Bonchev–Trinajstić information content (AvgIpc) is 2.48. The zero-order valence-corrected chi connectivity index (χ0v) is 11.9. The Morgan fingerprint density at radius 1 is 1.05 bits per heavy atom. The van der Waals surface area contributed by atoms with E-state index in [2.05, 4.69) is 24.4 Å². The topological polar surface area (TPSA) is 21.3 Å². The second-order valence-corrected chi connectivity index (χ2v) is 4.83. The molecule has 0 aliphatic rings. The lowest BCUT2D eigenvalue weighted by molar-refractivity contribution is 0.414. The summed E-state index contributed by atoms with van der Waals surface area (Å²) in [6.45, 7) is 2.96. The standard InChI is InChI=1S/C17H20FNO/c1-13(15-5-7-16(18)8-6-15)19-12-11-14-3-9-17(20-2)10-4-14/h3-10,13,19H,11-12H2,1-2H3/t13-/m1/s1. The Bertz CT molecular complexity index is 522. The molecule has 0 spiro atoms. The summed E-state index contributed by atoms with van der Waals surface area (Å²) in [7, 11) is 1.67. The molecule has 1 N–H and O–H groups in total. The van der Waals surface area contributed by atoms with Crippen molar-refractivity contribution in [3.63, 3.8) is 0 Å². The quantitative estimate of drug-likeness (QED) is 0.866. The van der Waals surface area contributed by atoms with Gasteiger partial charge in [0.05, 0.1) is 7.11 Å². The first-order valence-corrected chi connectivity index (χ1v) is 6.81. The molecule has 0 saturated carbocycles. The maximum Gasteiger partial charge on any atom is 0.123 e. The maximum absolute atomic E-state index is 12.9. The smallest absolute Gasteiger partial charge is 0.123 e. The predicted octanol–water partition coefficient (Wildman–Crippen LogP) is 3.73. The first kappa shape index (κ1) is 14.5. The van der Waals surface area contributed by atoms with E-state index in [-0.39, 0.29) is 11.9 Å². The summed E-state index contributed by atoms with van der Waals surface area (Å²) in [5.41, 5.74) is 2.37. The van der Waals surface area contributed by atoms with Gasteiger partial charge in [-0.25, -0.2) is 4.39 Å². The van der Waals surface area contributed by atoms with Gasteiger partial charge in [0.1, 0.15) is 11.6 Å². The molecule has 2 aromatic carbocycles. The Morgan fingerprint density at radius 3 is 2.30 bits per heavy atom. The Morgan fingerprint density at radius 2 is 1.70 bits per heavy atom. The Labute approximate surface area is 119 Å². The lowest BCUT2D eigenvalue weighted by Crippen LogP contribution is -2.21. The fourth-order valence-corrected chi connectivity index (χ4v) is 2.09. The molecule has 2 nitrogen and oxygen atoms in total. The van der Waals surface area contributed by atoms with E-state index in [4.69, 9.17) is 4.74 Å². The van der Waals surface area contributed by atoms with E-state index in [1.807, 2.05) is 24.3 Å². The van der Waals surface area contributed by atoms with Gasteiger partial charge in [0.25, 0.3) is 0 Å². The van der Waals surface area contributed by atoms with Gasteiger partial charge in [-0.05, 0) is 55.3 Å². The fraction of sp³-hybridized carbons (Fsp3) is 0.294. The van der Waals surface area contributed by atoms with Crippen molar-refractivity contribution in [3.8, 4) is 5.75 Å². The van der Waals surface area contributed by atoms with E-state index in [0.717, 1.165) is 24.3 Å². The average molecular weight is 273 g/mol. The number of nitrogens with one attached hydrogen (secondary N) is 1. The largest absolute Gasteiger partial charge is 0.497 e. The highest BCUT2D eigenvalue weighted by Gasteiger charge is 2.04. The van der Waals surface area contributed by atoms with Gasteiger partial charge >= 0.3 is 0 Å². The van der Waals surface area contributed by atoms with Gasteiger partial charge in [0.2, 0.25) is 0 Å². The van der Waals surface area contributed by atoms with Gasteiger partial charge in [-0.15, -0.1) is 0 Å². The summed E-state index contributed by atoms with van der Waals surface area (Å²) in [4.78, 5) is 0. The van der Waals surface area contributed by atoms with Crippen LogP contribution in [0.2, 0.25) is 0 Å². The van der Waals surface area contributed by atoms with Gasteiger partial charge in [-0.3, -0.25) is 0 Å².